The number of benzene rings is 2. The predicted molar refractivity (Wildman–Crippen MR) is 84.5 cm³/mol. The molecule has 5 nitrogen and oxygen atoms in total. The monoisotopic (exact) mass is 302 g/mol. The zero-order chi connectivity index (χ0) is 15.0. The summed E-state index contributed by atoms with van der Waals surface area (Å²) in [5.74, 6) is 0. The van der Waals surface area contributed by atoms with Crippen LogP contribution in [0.4, 0.5) is 11.4 Å². The number of aromatic nitrogens is 2. The van der Waals surface area contributed by atoms with Crippen molar-refractivity contribution in [2.75, 3.05) is 17.7 Å². The summed E-state index contributed by atoms with van der Waals surface area (Å²) in [5.41, 5.74) is 9.59. The van der Waals surface area contributed by atoms with Gasteiger partial charge in [0.1, 0.15) is 0 Å². The first-order valence-corrected chi connectivity index (χ1v) is 6.95. The van der Waals surface area contributed by atoms with Crippen molar-refractivity contribution in [3.05, 3.63) is 47.0 Å². The number of nitrogen functional groups attached to an aromatic ring is 1. The van der Waals surface area contributed by atoms with Crippen LogP contribution >= 0.6 is 11.6 Å². The standard InChI is InChI=1S/C15H15ClN4O/c1-9(10-5-3-4-6-11(10)16)20(2)13-8-7-12(17)14-15(13)19-21-18-14/h3-9H,17H2,1-2H3. The molecule has 6 heteroatoms. The average molecular weight is 303 g/mol. The van der Waals surface area contributed by atoms with E-state index in [-0.39, 0.29) is 6.04 Å². The van der Waals surface area contributed by atoms with Gasteiger partial charge in [-0.1, -0.05) is 29.8 Å². The van der Waals surface area contributed by atoms with Crippen LogP contribution in [-0.2, 0) is 0 Å². The maximum atomic E-state index is 6.28. The second kappa shape index (κ2) is 5.26. The Morgan fingerprint density at radius 3 is 2.62 bits per heavy atom. The van der Waals surface area contributed by atoms with Gasteiger partial charge in [-0.15, -0.1) is 0 Å². The molecule has 0 aliphatic rings. The molecule has 0 spiro atoms. The molecule has 3 rings (SSSR count). The Morgan fingerprint density at radius 2 is 1.86 bits per heavy atom. The van der Waals surface area contributed by atoms with Gasteiger partial charge in [0.15, 0.2) is 11.0 Å². The molecule has 3 aromatic rings. The van der Waals surface area contributed by atoms with Gasteiger partial charge in [-0.2, -0.15) is 0 Å². The van der Waals surface area contributed by atoms with Gasteiger partial charge in [0.25, 0.3) is 0 Å². The van der Waals surface area contributed by atoms with Gasteiger partial charge < -0.3 is 10.6 Å². The van der Waals surface area contributed by atoms with Gasteiger partial charge >= 0.3 is 0 Å². The van der Waals surface area contributed by atoms with Crippen LogP contribution in [0, 0.1) is 0 Å². The Hall–Kier alpha value is -2.27. The highest BCUT2D eigenvalue weighted by atomic mass is 35.5. The molecule has 0 radical (unpaired) electrons. The summed E-state index contributed by atoms with van der Waals surface area (Å²) in [6.07, 6.45) is 0. The molecule has 0 saturated carbocycles. The Kier molecular flexibility index (Phi) is 3.43. The largest absolute Gasteiger partial charge is 0.397 e. The highest BCUT2D eigenvalue weighted by molar-refractivity contribution is 6.31. The third-order valence-corrected chi connectivity index (χ3v) is 4.09. The van der Waals surface area contributed by atoms with E-state index in [1.165, 1.54) is 0 Å². The summed E-state index contributed by atoms with van der Waals surface area (Å²) < 4.78 is 4.81. The summed E-state index contributed by atoms with van der Waals surface area (Å²) in [4.78, 5) is 2.08. The van der Waals surface area contributed by atoms with Crippen molar-refractivity contribution in [2.45, 2.75) is 13.0 Å². The molecule has 21 heavy (non-hydrogen) atoms. The number of anilines is 2. The first kappa shape index (κ1) is 13.7. The lowest BCUT2D eigenvalue weighted by Crippen LogP contribution is -2.22. The molecule has 0 amide bonds. The Balaban J connectivity index is 2.05. The Morgan fingerprint density at radius 1 is 1.14 bits per heavy atom. The van der Waals surface area contributed by atoms with Crippen LogP contribution in [0.3, 0.4) is 0 Å². The number of hydrogen-bond donors (Lipinski definition) is 1. The maximum Gasteiger partial charge on any atom is 0.160 e. The van der Waals surface area contributed by atoms with Crippen LogP contribution in [0.5, 0.6) is 0 Å². The molecule has 1 aromatic heterocycles. The number of hydrogen-bond acceptors (Lipinski definition) is 5. The lowest BCUT2D eigenvalue weighted by molar-refractivity contribution is 0.315. The fourth-order valence-electron chi connectivity index (χ4n) is 2.39. The summed E-state index contributed by atoms with van der Waals surface area (Å²) in [7, 11) is 1.98. The van der Waals surface area contributed by atoms with Crippen molar-refractivity contribution in [3.8, 4) is 0 Å². The van der Waals surface area contributed by atoms with E-state index in [2.05, 4.69) is 22.1 Å². The number of nitrogens with two attached hydrogens (primary N) is 1. The Bertz CT molecular complexity index is 786. The lowest BCUT2D eigenvalue weighted by Gasteiger charge is -2.28. The minimum atomic E-state index is 0.0715. The highest BCUT2D eigenvalue weighted by Gasteiger charge is 2.19. The molecule has 0 aliphatic carbocycles. The van der Waals surface area contributed by atoms with E-state index in [4.69, 9.17) is 22.0 Å². The van der Waals surface area contributed by atoms with Crippen molar-refractivity contribution in [1.29, 1.82) is 0 Å². The highest BCUT2D eigenvalue weighted by Crippen LogP contribution is 2.34. The van der Waals surface area contributed by atoms with E-state index in [1.54, 1.807) is 6.07 Å². The Labute approximate surface area is 127 Å². The van der Waals surface area contributed by atoms with Crippen LogP contribution in [0.1, 0.15) is 18.5 Å². The third-order valence-electron chi connectivity index (χ3n) is 3.74. The summed E-state index contributed by atoms with van der Waals surface area (Å²) in [6.45, 7) is 2.08. The first-order chi connectivity index (χ1) is 10.1. The lowest BCUT2D eigenvalue weighted by atomic mass is 10.1. The number of fused-ring (bicyclic) bond motifs is 1. The van der Waals surface area contributed by atoms with Crippen molar-refractivity contribution in [2.24, 2.45) is 0 Å². The normalized spacial score (nSPS) is 12.5. The van der Waals surface area contributed by atoms with Gasteiger partial charge in [-0.25, -0.2) is 4.63 Å². The molecule has 2 aromatic carbocycles. The van der Waals surface area contributed by atoms with Crippen molar-refractivity contribution in [3.63, 3.8) is 0 Å². The van der Waals surface area contributed by atoms with Gasteiger partial charge in [0, 0.05) is 12.1 Å². The molecular weight excluding hydrogens is 288 g/mol. The zero-order valence-electron chi connectivity index (χ0n) is 11.7. The predicted octanol–water partition coefficient (Wildman–Crippen LogP) is 3.66. The molecule has 0 saturated heterocycles. The van der Waals surface area contributed by atoms with Crippen LogP contribution in [-0.4, -0.2) is 17.4 Å². The smallest absolute Gasteiger partial charge is 0.160 e. The molecule has 0 bridgehead atoms. The maximum absolute atomic E-state index is 6.28. The number of halogens is 1. The fraction of sp³-hybridized carbons (Fsp3) is 0.200. The molecule has 0 fully saturated rings. The van der Waals surface area contributed by atoms with Crippen LogP contribution < -0.4 is 10.6 Å². The van der Waals surface area contributed by atoms with Gasteiger partial charge in [-0.05, 0) is 41.0 Å². The second-order valence-electron chi connectivity index (χ2n) is 4.94. The minimum Gasteiger partial charge on any atom is -0.397 e. The van der Waals surface area contributed by atoms with E-state index in [9.17, 15) is 0 Å². The van der Waals surface area contributed by atoms with E-state index in [0.29, 0.717) is 16.7 Å². The summed E-state index contributed by atoms with van der Waals surface area (Å²) >= 11 is 6.28. The molecule has 108 valence electrons. The van der Waals surface area contributed by atoms with Crippen molar-refractivity contribution < 1.29 is 4.63 Å². The van der Waals surface area contributed by atoms with Gasteiger partial charge in [0.2, 0.25) is 0 Å². The van der Waals surface area contributed by atoms with E-state index in [0.717, 1.165) is 16.3 Å². The topological polar surface area (TPSA) is 68.2 Å². The number of rotatable bonds is 3. The van der Waals surface area contributed by atoms with E-state index >= 15 is 0 Å². The molecule has 1 heterocycles. The molecule has 0 aliphatic heterocycles. The quantitative estimate of drug-likeness (QED) is 0.748. The van der Waals surface area contributed by atoms with E-state index < -0.39 is 0 Å². The molecule has 1 atom stereocenters. The molecular formula is C15H15ClN4O. The van der Waals surface area contributed by atoms with E-state index in [1.807, 2.05) is 37.4 Å². The van der Waals surface area contributed by atoms with Crippen LogP contribution in [0.2, 0.25) is 5.02 Å². The first-order valence-electron chi connectivity index (χ1n) is 6.57. The summed E-state index contributed by atoms with van der Waals surface area (Å²) in [6, 6.07) is 11.6. The average Bonchev–Trinajstić information content (AvgIpc) is 2.97. The number of nitrogens with zero attached hydrogens (tertiary/aromatic N) is 3. The second-order valence-corrected chi connectivity index (χ2v) is 5.35. The summed E-state index contributed by atoms with van der Waals surface area (Å²) in [5, 5.41) is 8.54. The van der Waals surface area contributed by atoms with Gasteiger partial charge in [0.05, 0.1) is 17.4 Å². The van der Waals surface area contributed by atoms with Crippen LogP contribution in [0.25, 0.3) is 11.0 Å². The van der Waals surface area contributed by atoms with Crippen molar-refractivity contribution in [1.82, 2.24) is 10.3 Å². The third kappa shape index (κ3) is 2.29. The molecule has 1 unspecified atom stereocenters. The van der Waals surface area contributed by atoms with Gasteiger partial charge in [-0.3, -0.25) is 0 Å². The minimum absolute atomic E-state index is 0.0715. The zero-order valence-corrected chi connectivity index (χ0v) is 12.5. The van der Waals surface area contributed by atoms with Crippen molar-refractivity contribution >= 4 is 34.0 Å². The SMILES string of the molecule is CC(c1ccccc1Cl)N(C)c1ccc(N)c2nonc12. The molecule has 2 N–H and O–H groups in total. The van der Waals surface area contributed by atoms with Crippen LogP contribution in [0.15, 0.2) is 41.0 Å². The fourth-order valence-corrected chi connectivity index (χ4v) is 2.68.